The molecule has 8 heteroatoms. The minimum Gasteiger partial charge on any atom is -0.484 e. The zero-order valence-corrected chi connectivity index (χ0v) is 16.6. The molecule has 29 heavy (non-hydrogen) atoms. The third kappa shape index (κ3) is 7.17. The quantitative estimate of drug-likeness (QED) is 0.520. The smallest absolute Gasteiger partial charge is 0.338 e. The highest BCUT2D eigenvalue weighted by Crippen LogP contribution is 2.18. The van der Waals surface area contributed by atoms with Gasteiger partial charge in [-0.25, -0.2) is 4.79 Å². The molecular weight excluding hydrogens is 376 g/mol. The van der Waals surface area contributed by atoms with Crippen LogP contribution in [0.2, 0.25) is 0 Å². The van der Waals surface area contributed by atoms with Crippen molar-refractivity contribution in [3.05, 3.63) is 59.2 Å². The normalized spacial score (nSPS) is 10.0. The Bertz CT molecular complexity index is 864. The third-order valence-corrected chi connectivity index (χ3v) is 3.77. The number of ether oxygens (including phenoxy) is 3. The molecule has 2 amide bonds. The summed E-state index contributed by atoms with van der Waals surface area (Å²) in [5.74, 6) is -0.469. The predicted molar refractivity (Wildman–Crippen MR) is 106 cm³/mol. The lowest BCUT2D eigenvalue weighted by Gasteiger charge is -2.11. The number of hydrogen-bond donors (Lipinski definition) is 2. The van der Waals surface area contributed by atoms with Gasteiger partial charge < -0.3 is 14.2 Å². The Kier molecular flexibility index (Phi) is 8.02. The van der Waals surface area contributed by atoms with E-state index in [0.717, 1.165) is 11.1 Å². The van der Waals surface area contributed by atoms with Gasteiger partial charge in [0.05, 0.1) is 12.2 Å². The van der Waals surface area contributed by atoms with Crippen molar-refractivity contribution in [2.45, 2.75) is 20.8 Å². The second-order valence-electron chi connectivity index (χ2n) is 6.19. The number of carbonyl (C=O) groups excluding carboxylic acids is 3. The molecule has 2 rings (SSSR count). The molecule has 0 fully saturated rings. The van der Waals surface area contributed by atoms with Crippen molar-refractivity contribution in [2.75, 3.05) is 19.8 Å². The molecule has 2 aromatic rings. The first kappa shape index (κ1) is 21.7. The van der Waals surface area contributed by atoms with E-state index >= 15 is 0 Å². The van der Waals surface area contributed by atoms with E-state index in [1.165, 1.54) is 12.1 Å². The van der Waals surface area contributed by atoms with E-state index in [-0.39, 0.29) is 13.2 Å². The summed E-state index contributed by atoms with van der Waals surface area (Å²) in [5.41, 5.74) is 6.90. The maximum absolute atomic E-state index is 11.8. The molecule has 0 heterocycles. The molecule has 0 aromatic heterocycles. The molecule has 0 aliphatic heterocycles. The Morgan fingerprint density at radius 2 is 1.48 bits per heavy atom. The van der Waals surface area contributed by atoms with Gasteiger partial charge in [-0.05, 0) is 56.7 Å². The summed E-state index contributed by atoms with van der Waals surface area (Å²) in [6.07, 6.45) is 0. The molecule has 0 saturated carbocycles. The SMILES string of the molecule is CCOC(=O)c1ccc(OCC(=O)NNC(=O)COc2ccc(C)cc2C)cc1. The van der Waals surface area contributed by atoms with Crippen molar-refractivity contribution in [3.8, 4) is 11.5 Å². The number of benzene rings is 2. The van der Waals surface area contributed by atoms with E-state index in [4.69, 9.17) is 14.2 Å². The second-order valence-corrected chi connectivity index (χ2v) is 6.19. The summed E-state index contributed by atoms with van der Waals surface area (Å²) >= 11 is 0. The number of amides is 2. The summed E-state index contributed by atoms with van der Waals surface area (Å²) in [4.78, 5) is 35.1. The number of hydrogen-bond acceptors (Lipinski definition) is 6. The van der Waals surface area contributed by atoms with Gasteiger partial charge in [-0.15, -0.1) is 0 Å². The Morgan fingerprint density at radius 1 is 0.862 bits per heavy atom. The van der Waals surface area contributed by atoms with Gasteiger partial charge in [-0.1, -0.05) is 17.7 Å². The molecular formula is C21H24N2O6. The second kappa shape index (κ2) is 10.7. The molecule has 0 aliphatic rings. The highest BCUT2D eigenvalue weighted by atomic mass is 16.5. The topological polar surface area (TPSA) is 103 Å². The molecule has 0 bridgehead atoms. The highest BCUT2D eigenvalue weighted by molar-refractivity contribution is 5.89. The summed E-state index contributed by atoms with van der Waals surface area (Å²) in [5, 5.41) is 0. The first-order valence-electron chi connectivity index (χ1n) is 9.06. The molecule has 0 radical (unpaired) electrons. The van der Waals surface area contributed by atoms with E-state index in [1.54, 1.807) is 25.1 Å². The molecule has 2 N–H and O–H groups in total. The predicted octanol–water partition coefficient (Wildman–Crippen LogP) is 2.09. The molecule has 0 spiro atoms. The Labute approximate surface area is 169 Å². The van der Waals surface area contributed by atoms with Crippen LogP contribution in [0.15, 0.2) is 42.5 Å². The fraction of sp³-hybridized carbons (Fsp3) is 0.286. The highest BCUT2D eigenvalue weighted by Gasteiger charge is 2.09. The summed E-state index contributed by atoms with van der Waals surface area (Å²) in [6.45, 7) is 5.33. The number of rotatable bonds is 8. The van der Waals surface area contributed by atoms with Crippen LogP contribution in [0.1, 0.15) is 28.4 Å². The van der Waals surface area contributed by atoms with Crippen LogP contribution in [0, 0.1) is 13.8 Å². The van der Waals surface area contributed by atoms with Crippen LogP contribution in [0.4, 0.5) is 0 Å². The lowest BCUT2D eigenvalue weighted by Crippen LogP contribution is -2.45. The van der Waals surface area contributed by atoms with Crippen molar-refractivity contribution in [1.82, 2.24) is 10.9 Å². The molecule has 0 aliphatic carbocycles. The summed E-state index contributed by atoms with van der Waals surface area (Å²) < 4.78 is 15.6. The van der Waals surface area contributed by atoms with Gasteiger partial charge in [0, 0.05) is 0 Å². The Hall–Kier alpha value is -3.55. The van der Waals surface area contributed by atoms with Gasteiger partial charge in [0.15, 0.2) is 13.2 Å². The molecule has 0 atom stereocenters. The van der Waals surface area contributed by atoms with Crippen LogP contribution in [0.5, 0.6) is 11.5 Å². The van der Waals surface area contributed by atoms with Crippen LogP contribution < -0.4 is 20.3 Å². The van der Waals surface area contributed by atoms with E-state index < -0.39 is 17.8 Å². The van der Waals surface area contributed by atoms with Crippen molar-refractivity contribution >= 4 is 17.8 Å². The van der Waals surface area contributed by atoms with Crippen molar-refractivity contribution < 1.29 is 28.6 Å². The Morgan fingerprint density at radius 3 is 2.07 bits per heavy atom. The first-order chi connectivity index (χ1) is 13.9. The number of hydrazine groups is 1. The zero-order valence-electron chi connectivity index (χ0n) is 16.6. The molecule has 0 saturated heterocycles. The van der Waals surface area contributed by atoms with E-state index in [0.29, 0.717) is 23.7 Å². The molecule has 8 nitrogen and oxygen atoms in total. The maximum Gasteiger partial charge on any atom is 0.338 e. The fourth-order valence-electron chi connectivity index (χ4n) is 2.37. The van der Waals surface area contributed by atoms with Crippen LogP contribution in [-0.4, -0.2) is 37.6 Å². The lowest BCUT2D eigenvalue weighted by molar-refractivity contribution is -0.131. The van der Waals surface area contributed by atoms with Gasteiger partial charge in [-0.2, -0.15) is 0 Å². The van der Waals surface area contributed by atoms with E-state index in [2.05, 4.69) is 10.9 Å². The van der Waals surface area contributed by atoms with Gasteiger partial charge in [0.1, 0.15) is 11.5 Å². The van der Waals surface area contributed by atoms with Crippen molar-refractivity contribution in [3.63, 3.8) is 0 Å². The standard InChI is InChI=1S/C21H24N2O6/c1-4-27-21(26)16-6-8-17(9-7-16)28-12-19(24)22-23-20(25)13-29-18-10-5-14(2)11-15(18)3/h5-11H,4,12-13H2,1-3H3,(H,22,24)(H,23,25). The third-order valence-electron chi connectivity index (χ3n) is 3.77. The average molecular weight is 400 g/mol. The van der Waals surface area contributed by atoms with Gasteiger partial charge in [-0.3, -0.25) is 20.4 Å². The number of aryl methyl sites for hydroxylation is 2. The summed E-state index contributed by atoms with van der Waals surface area (Å²) in [6, 6.07) is 11.8. The van der Waals surface area contributed by atoms with Gasteiger partial charge >= 0.3 is 5.97 Å². The maximum atomic E-state index is 11.8. The first-order valence-corrected chi connectivity index (χ1v) is 9.06. The van der Waals surface area contributed by atoms with E-state index in [9.17, 15) is 14.4 Å². The van der Waals surface area contributed by atoms with Crippen molar-refractivity contribution in [2.24, 2.45) is 0 Å². The number of carbonyl (C=O) groups is 3. The molecule has 2 aromatic carbocycles. The van der Waals surface area contributed by atoms with E-state index in [1.807, 2.05) is 26.0 Å². The van der Waals surface area contributed by atoms with Crippen LogP contribution in [-0.2, 0) is 14.3 Å². The van der Waals surface area contributed by atoms with Crippen molar-refractivity contribution in [1.29, 1.82) is 0 Å². The molecule has 0 unspecified atom stereocenters. The number of esters is 1. The summed E-state index contributed by atoms with van der Waals surface area (Å²) in [7, 11) is 0. The fourth-order valence-corrected chi connectivity index (χ4v) is 2.37. The van der Waals surface area contributed by atoms with Crippen LogP contribution in [0.3, 0.4) is 0 Å². The average Bonchev–Trinajstić information content (AvgIpc) is 2.70. The van der Waals surface area contributed by atoms with Crippen LogP contribution >= 0.6 is 0 Å². The Balaban J connectivity index is 1.69. The minimum atomic E-state index is -0.542. The zero-order chi connectivity index (χ0) is 21.2. The minimum absolute atomic E-state index is 0.236. The monoisotopic (exact) mass is 400 g/mol. The largest absolute Gasteiger partial charge is 0.484 e. The lowest BCUT2D eigenvalue weighted by atomic mass is 10.1. The number of nitrogens with one attached hydrogen (secondary N) is 2. The van der Waals surface area contributed by atoms with Gasteiger partial charge in [0.2, 0.25) is 0 Å². The van der Waals surface area contributed by atoms with Gasteiger partial charge in [0.25, 0.3) is 11.8 Å². The molecule has 154 valence electrons. The van der Waals surface area contributed by atoms with Crippen LogP contribution in [0.25, 0.3) is 0 Å².